The molecule has 0 spiro atoms. The molecule has 0 amide bonds. The lowest BCUT2D eigenvalue weighted by Gasteiger charge is -2.15. The van der Waals surface area contributed by atoms with Crippen LogP contribution in [0.1, 0.15) is 24.7 Å². The topological polar surface area (TPSA) is 124 Å². The summed E-state index contributed by atoms with van der Waals surface area (Å²) in [5, 5.41) is 28.9. The Hall–Kier alpha value is -2.97. The fraction of sp³-hybridized carbons (Fsp3) is 0.286. The second-order valence-electron chi connectivity index (χ2n) is 7.86. The van der Waals surface area contributed by atoms with Crippen molar-refractivity contribution in [2.24, 2.45) is 0 Å². The molecular formula is C21H17Cl3F3N7O3. The monoisotopic (exact) mass is 577 g/mol. The summed E-state index contributed by atoms with van der Waals surface area (Å²) in [6, 6.07) is 5.89. The third-order valence-electron chi connectivity index (χ3n) is 5.14. The van der Waals surface area contributed by atoms with Gasteiger partial charge in [0.05, 0.1) is 16.6 Å². The Morgan fingerprint density at radius 3 is 2.22 bits per heavy atom. The Morgan fingerprint density at radius 1 is 1.03 bits per heavy atom. The third kappa shape index (κ3) is 5.65. The van der Waals surface area contributed by atoms with Crippen molar-refractivity contribution in [2.45, 2.75) is 38.4 Å². The van der Waals surface area contributed by atoms with E-state index in [4.69, 9.17) is 34.8 Å². The lowest BCUT2D eigenvalue weighted by atomic mass is 10.2. The molecule has 196 valence electrons. The van der Waals surface area contributed by atoms with Gasteiger partial charge in [-0.05, 0) is 31.2 Å². The van der Waals surface area contributed by atoms with E-state index in [1.807, 2.05) is 0 Å². The molecule has 4 aromatic rings. The number of aliphatic hydroxyl groups excluding tert-OH is 2. The maximum Gasteiger partial charge on any atom is 0.416 e. The highest BCUT2D eigenvalue weighted by molar-refractivity contribution is 6.37. The third-order valence-corrected chi connectivity index (χ3v) is 5.94. The molecule has 0 bridgehead atoms. The van der Waals surface area contributed by atoms with E-state index in [-0.39, 0.29) is 45.3 Å². The molecule has 2 N–H and O–H groups in total. The molecule has 3 heterocycles. The predicted molar refractivity (Wildman–Crippen MR) is 128 cm³/mol. The smallest absolute Gasteiger partial charge is 0.385 e. The quantitative estimate of drug-likeness (QED) is 0.343. The van der Waals surface area contributed by atoms with Gasteiger partial charge in [0.2, 0.25) is 0 Å². The van der Waals surface area contributed by atoms with Crippen LogP contribution in [0.3, 0.4) is 0 Å². The first-order valence-electron chi connectivity index (χ1n) is 10.5. The zero-order chi connectivity index (χ0) is 27.1. The van der Waals surface area contributed by atoms with Crippen molar-refractivity contribution in [1.29, 1.82) is 0 Å². The number of aromatic nitrogens is 7. The van der Waals surface area contributed by atoms with Crippen molar-refractivity contribution in [1.82, 2.24) is 34.1 Å². The average molecular weight is 579 g/mol. The van der Waals surface area contributed by atoms with Gasteiger partial charge in [-0.3, -0.25) is 9.55 Å². The molecule has 0 unspecified atom stereocenters. The van der Waals surface area contributed by atoms with E-state index in [1.165, 1.54) is 48.3 Å². The van der Waals surface area contributed by atoms with Gasteiger partial charge in [0.25, 0.3) is 0 Å². The van der Waals surface area contributed by atoms with Gasteiger partial charge in [0.15, 0.2) is 23.6 Å². The summed E-state index contributed by atoms with van der Waals surface area (Å²) in [6.45, 7) is -0.0593. The SMILES string of the molecule is C[C@@H](O)c1nc(Cn2nc(-c3ccc(Cl)cc3)n(C[C@H](O)C(F)(F)F)c2=O)nn1-c1c(Cl)cncc1Cl. The molecule has 4 rings (SSSR count). The van der Waals surface area contributed by atoms with Crippen molar-refractivity contribution in [2.75, 3.05) is 0 Å². The van der Waals surface area contributed by atoms with Crippen molar-refractivity contribution in [3.05, 3.63) is 73.9 Å². The van der Waals surface area contributed by atoms with Gasteiger partial charge in [0.1, 0.15) is 18.3 Å². The molecule has 0 aliphatic rings. The predicted octanol–water partition coefficient (Wildman–Crippen LogP) is 3.67. The van der Waals surface area contributed by atoms with E-state index in [0.29, 0.717) is 9.59 Å². The highest BCUT2D eigenvalue weighted by atomic mass is 35.5. The fourth-order valence-corrected chi connectivity index (χ4v) is 4.06. The molecule has 37 heavy (non-hydrogen) atoms. The van der Waals surface area contributed by atoms with E-state index >= 15 is 0 Å². The molecule has 2 atom stereocenters. The molecular weight excluding hydrogens is 562 g/mol. The number of nitrogens with zero attached hydrogens (tertiary/aromatic N) is 7. The van der Waals surface area contributed by atoms with Crippen LogP contribution in [0.5, 0.6) is 0 Å². The van der Waals surface area contributed by atoms with E-state index in [2.05, 4.69) is 20.2 Å². The van der Waals surface area contributed by atoms with Gasteiger partial charge < -0.3 is 10.2 Å². The van der Waals surface area contributed by atoms with Crippen molar-refractivity contribution < 1.29 is 23.4 Å². The normalized spacial score (nSPS) is 13.6. The van der Waals surface area contributed by atoms with Crippen molar-refractivity contribution in [3.8, 4) is 17.1 Å². The molecule has 0 radical (unpaired) electrons. The number of alkyl halides is 3. The molecule has 16 heteroatoms. The van der Waals surface area contributed by atoms with E-state index in [1.54, 1.807) is 0 Å². The lowest BCUT2D eigenvalue weighted by molar-refractivity contribution is -0.207. The number of rotatable bonds is 7. The summed E-state index contributed by atoms with van der Waals surface area (Å²) in [4.78, 5) is 21.2. The maximum atomic E-state index is 13.1. The first-order valence-corrected chi connectivity index (χ1v) is 11.6. The second kappa shape index (κ2) is 10.4. The largest absolute Gasteiger partial charge is 0.416 e. The lowest BCUT2D eigenvalue weighted by Crippen LogP contribution is -2.37. The molecule has 0 aliphatic heterocycles. The highest BCUT2D eigenvalue weighted by Crippen LogP contribution is 2.29. The van der Waals surface area contributed by atoms with E-state index in [9.17, 15) is 28.2 Å². The molecule has 10 nitrogen and oxygen atoms in total. The summed E-state index contributed by atoms with van der Waals surface area (Å²) in [6.07, 6.45) is -6.29. The second-order valence-corrected chi connectivity index (χ2v) is 9.12. The Labute approximate surface area is 221 Å². The average Bonchev–Trinajstić information content (AvgIpc) is 3.36. The highest BCUT2D eigenvalue weighted by Gasteiger charge is 2.39. The van der Waals surface area contributed by atoms with Crippen LogP contribution in [-0.2, 0) is 13.1 Å². The summed E-state index contributed by atoms with van der Waals surface area (Å²) in [5.74, 6) is -0.131. The maximum absolute atomic E-state index is 13.1. The zero-order valence-corrected chi connectivity index (χ0v) is 21.0. The Bertz CT molecular complexity index is 1460. The van der Waals surface area contributed by atoms with E-state index in [0.717, 1.165) is 4.68 Å². The van der Waals surface area contributed by atoms with Gasteiger partial charge in [-0.2, -0.15) is 13.2 Å². The van der Waals surface area contributed by atoms with Crippen LogP contribution in [-0.4, -0.2) is 56.6 Å². The summed E-state index contributed by atoms with van der Waals surface area (Å²) in [7, 11) is 0. The van der Waals surface area contributed by atoms with Crippen LogP contribution >= 0.6 is 34.8 Å². The van der Waals surface area contributed by atoms with Gasteiger partial charge in [0, 0.05) is 23.0 Å². The summed E-state index contributed by atoms with van der Waals surface area (Å²) < 4.78 is 41.9. The molecule has 0 aliphatic carbocycles. The van der Waals surface area contributed by atoms with Crippen LogP contribution in [0.25, 0.3) is 17.1 Å². The summed E-state index contributed by atoms with van der Waals surface area (Å²) in [5.41, 5.74) is -0.489. The number of hydrogen-bond donors (Lipinski definition) is 2. The number of benzene rings is 1. The van der Waals surface area contributed by atoms with Crippen molar-refractivity contribution in [3.63, 3.8) is 0 Å². The van der Waals surface area contributed by atoms with Crippen LogP contribution in [0.2, 0.25) is 15.1 Å². The zero-order valence-electron chi connectivity index (χ0n) is 18.7. The first kappa shape index (κ1) is 27.1. The minimum atomic E-state index is -4.96. The number of aliphatic hydroxyl groups is 2. The van der Waals surface area contributed by atoms with Gasteiger partial charge >= 0.3 is 11.9 Å². The molecule has 3 aromatic heterocycles. The van der Waals surface area contributed by atoms with Gasteiger partial charge in [-0.25, -0.2) is 19.1 Å². The summed E-state index contributed by atoms with van der Waals surface area (Å²) >= 11 is 18.3. The molecule has 0 saturated carbocycles. The minimum Gasteiger partial charge on any atom is -0.385 e. The Morgan fingerprint density at radius 2 is 1.65 bits per heavy atom. The fourth-order valence-electron chi connectivity index (χ4n) is 3.41. The number of pyridine rings is 1. The van der Waals surface area contributed by atoms with Crippen LogP contribution in [0.15, 0.2) is 41.5 Å². The Kier molecular flexibility index (Phi) is 7.62. The van der Waals surface area contributed by atoms with Crippen LogP contribution in [0.4, 0.5) is 13.2 Å². The standard InChI is InChI=1S/C21H17Cl3F3N7O3/c1-10(35)18-29-16(30-34(18)17-13(23)6-28-7-14(17)24)9-33-20(37)32(8-15(36)21(25,26)27)19(31-33)11-2-4-12(22)5-3-11/h2-7,10,15,35-36H,8-9H2,1H3/t10-,15+/m1/s1. The number of hydrogen-bond acceptors (Lipinski definition) is 7. The number of halogens is 6. The minimum absolute atomic E-state index is 0.0226. The molecule has 0 fully saturated rings. The van der Waals surface area contributed by atoms with Gasteiger partial charge in [-0.15, -0.1) is 10.2 Å². The van der Waals surface area contributed by atoms with Gasteiger partial charge in [-0.1, -0.05) is 34.8 Å². The van der Waals surface area contributed by atoms with E-state index < -0.39 is 30.6 Å². The van der Waals surface area contributed by atoms with Crippen LogP contribution < -0.4 is 5.69 Å². The first-order chi connectivity index (χ1) is 17.4. The molecule has 0 saturated heterocycles. The molecule has 1 aromatic carbocycles. The Balaban J connectivity index is 1.79. The van der Waals surface area contributed by atoms with Crippen LogP contribution in [0, 0.1) is 0 Å². The van der Waals surface area contributed by atoms with Crippen molar-refractivity contribution >= 4 is 34.8 Å².